The van der Waals surface area contributed by atoms with Crippen LogP contribution in [0.5, 0.6) is 0 Å². The highest BCUT2D eigenvalue weighted by Crippen LogP contribution is 2.26. The zero-order valence-corrected chi connectivity index (χ0v) is 36.9. The van der Waals surface area contributed by atoms with Crippen molar-refractivity contribution in [2.75, 3.05) is 26.7 Å². The lowest BCUT2D eigenvalue weighted by atomic mass is 10.0. The van der Waals surface area contributed by atoms with Crippen molar-refractivity contribution in [2.24, 2.45) is 5.92 Å². The van der Waals surface area contributed by atoms with Crippen molar-refractivity contribution in [3.8, 4) is 0 Å². The molecule has 3 saturated heterocycles. The van der Waals surface area contributed by atoms with Crippen molar-refractivity contribution in [1.82, 2.24) is 36.0 Å². The Morgan fingerprint density at radius 2 is 1.48 bits per heavy atom. The second-order valence-corrected chi connectivity index (χ2v) is 16.4. The summed E-state index contributed by atoms with van der Waals surface area (Å²) in [7, 11) is 1.44. The first kappa shape index (κ1) is 48.9. The van der Waals surface area contributed by atoms with Crippen LogP contribution in [0.2, 0.25) is 0 Å². The van der Waals surface area contributed by atoms with Gasteiger partial charge < -0.3 is 45.8 Å². The van der Waals surface area contributed by atoms with Gasteiger partial charge in [0.05, 0.1) is 0 Å². The van der Waals surface area contributed by atoms with Crippen LogP contribution in [0.3, 0.4) is 0 Å². The minimum atomic E-state index is -1.49. The molecule has 1 aromatic carbocycles. The number of carbonyl (C=O) groups is 9. The first-order valence-corrected chi connectivity index (χ1v) is 21.7. The summed E-state index contributed by atoms with van der Waals surface area (Å²) in [5.74, 6) is -5.59. The van der Waals surface area contributed by atoms with Crippen molar-refractivity contribution in [3.63, 3.8) is 0 Å². The number of rotatable bonds is 12. The number of cyclic esters (lactones) is 1. The van der Waals surface area contributed by atoms with Gasteiger partial charge in [-0.2, -0.15) is 0 Å². The van der Waals surface area contributed by atoms with Crippen molar-refractivity contribution in [1.29, 1.82) is 0 Å². The molecule has 3 aliphatic heterocycles. The van der Waals surface area contributed by atoms with Crippen LogP contribution in [-0.4, -0.2) is 136 Å². The number of ether oxygens (including phenoxy) is 1. The summed E-state index contributed by atoms with van der Waals surface area (Å²) in [5, 5.41) is 20.1. The zero-order valence-electron chi connectivity index (χ0n) is 36.9. The molecule has 346 valence electrons. The van der Waals surface area contributed by atoms with E-state index in [1.54, 1.807) is 66.8 Å². The molecule has 65 heavy (non-hydrogen) atoms. The third-order valence-corrected chi connectivity index (χ3v) is 11.5. The highest BCUT2D eigenvalue weighted by atomic mass is 16.5. The van der Waals surface area contributed by atoms with Crippen LogP contribution in [0.15, 0.2) is 103 Å². The number of allylic oxidation sites excluding steroid dienone is 10. The molecule has 3 fully saturated rings. The van der Waals surface area contributed by atoms with Crippen LogP contribution in [0.1, 0.15) is 58.4 Å². The van der Waals surface area contributed by atoms with E-state index in [1.165, 1.54) is 59.9 Å². The number of amides is 7. The third kappa shape index (κ3) is 13.2. The summed E-state index contributed by atoms with van der Waals surface area (Å²) in [6.07, 6.45) is 16.5. The topological polar surface area (TPSA) is 241 Å². The summed E-state index contributed by atoms with van der Waals surface area (Å²) in [5.41, 5.74) is 0.616. The van der Waals surface area contributed by atoms with Gasteiger partial charge in [-0.3, -0.25) is 38.4 Å². The lowest BCUT2D eigenvalue weighted by Crippen LogP contribution is -2.60. The van der Waals surface area contributed by atoms with E-state index >= 15 is 0 Å². The molecule has 5 rings (SSSR count). The van der Waals surface area contributed by atoms with Crippen LogP contribution < -0.4 is 21.3 Å². The first-order valence-electron chi connectivity index (χ1n) is 21.7. The first-order chi connectivity index (χ1) is 31.0. The Balaban J connectivity index is 1.29. The van der Waals surface area contributed by atoms with E-state index in [0.717, 1.165) is 0 Å². The molecule has 0 aromatic heterocycles. The number of benzene rings is 1. The maximum absolute atomic E-state index is 14.4. The van der Waals surface area contributed by atoms with Crippen LogP contribution in [0.4, 0.5) is 0 Å². The molecular weight excluding hydrogens is 839 g/mol. The summed E-state index contributed by atoms with van der Waals surface area (Å²) < 4.78 is 5.70. The van der Waals surface area contributed by atoms with E-state index < -0.39 is 90.2 Å². The lowest BCUT2D eigenvalue weighted by molar-refractivity contribution is -0.158. The number of nitrogens with one attached hydrogen (secondary N) is 4. The van der Waals surface area contributed by atoms with Crippen molar-refractivity contribution in [3.05, 3.63) is 108 Å². The Morgan fingerprint density at radius 1 is 0.831 bits per heavy atom. The second-order valence-electron chi connectivity index (χ2n) is 16.4. The SMILES string of the molecule is C[C@@H]1C[C@H]2C(=O)OC[C@H](NC(=O)[C@H](Cc3ccccc3)NC(=O)C=CC=CC=CC=CC=CC(=O)NC3=C(O)CCC3=O)C(=O)N3CCC[C@H]3C(=O)N(C)[C@@H](C)C(=O)N[C@@H](C)C(=O)N2C1. The number of aliphatic hydroxyl groups is 1. The monoisotopic (exact) mass is 895 g/mol. The number of Topliss-reactive ketones (excluding diaryl/α,β-unsaturated/α-hetero) is 1. The maximum atomic E-state index is 14.4. The quantitative estimate of drug-likeness (QED) is 0.114. The fourth-order valence-electron chi connectivity index (χ4n) is 7.85. The number of carbonyl (C=O) groups excluding carboxylic acids is 9. The molecule has 0 bridgehead atoms. The second kappa shape index (κ2) is 23.0. The fraction of sp³-hybridized carbons (Fsp3) is 0.426. The standard InChI is InChI=1S/C47H57N7O11/c1-29-25-36-47(64)65-28-34(45(62)53-24-16-19-35(53)46(63)52(4)31(3)42(59)48-30(2)44(61)54(36)27-29)50-43(60)33(26-32-17-12-11-13-18-32)49-39(57)20-14-9-7-5-6-8-10-15-21-40(58)51-41-37(55)22-23-38(41)56/h5-15,17-18,20-21,29-31,33-36,55H,16,19,22-28H2,1-4H3,(H,48,59)(H,49,57)(H,50,60)(H,51,58)/t29-,30+,31+,33+,34+,35+,36+/m1/s1. The van der Waals surface area contributed by atoms with Gasteiger partial charge in [0.1, 0.15) is 54.3 Å². The van der Waals surface area contributed by atoms with E-state index in [0.29, 0.717) is 12.0 Å². The van der Waals surface area contributed by atoms with Gasteiger partial charge in [-0.05, 0) is 44.6 Å². The Morgan fingerprint density at radius 3 is 2.12 bits per heavy atom. The highest BCUT2D eigenvalue weighted by Gasteiger charge is 2.44. The van der Waals surface area contributed by atoms with Gasteiger partial charge >= 0.3 is 5.97 Å². The summed E-state index contributed by atoms with van der Waals surface area (Å²) in [6.45, 7) is 4.65. The molecule has 0 saturated carbocycles. The largest absolute Gasteiger partial charge is 0.510 e. The number of hydrogen-bond donors (Lipinski definition) is 5. The fourth-order valence-corrected chi connectivity index (χ4v) is 7.85. The Labute approximate surface area is 377 Å². The van der Waals surface area contributed by atoms with Crippen LogP contribution in [0, 0.1) is 5.92 Å². The van der Waals surface area contributed by atoms with E-state index in [4.69, 9.17) is 4.74 Å². The highest BCUT2D eigenvalue weighted by molar-refractivity contribution is 6.03. The van der Waals surface area contributed by atoms with Crippen molar-refractivity contribution < 1.29 is 53.0 Å². The predicted octanol–water partition coefficient (Wildman–Crippen LogP) is 1.36. The Hall–Kier alpha value is -7.11. The van der Waals surface area contributed by atoms with E-state index in [-0.39, 0.29) is 68.4 Å². The maximum Gasteiger partial charge on any atom is 0.328 e. The van der Waals surface area contributed by atoms with E-state index in [1.807, 2.05) is 6.92 Å². The van der Waals surface area contributed by atoms with Crippen LogP contribution >= 0.6 is 0 Å². The number of hydrogen-bond acceptors (Lipinski definition) is 11. The molecule has 0 radical (unpaired) electrons. The normalized spacial score (nSPS) is 25.6. The molecule has 4 aliphatic rings. The predicted molar refractivity (Wildman–Crippen MR) is 237 cm³/mol. The van der Waals surface area contributed by atoms with Crippen LogP contribution in [0.25, 0.3) is 0 Å². The van der Waals surface area contributed by atoms with Gasteiger partial charge in [0.15, 0.2) is 5.78 Å². The molecule has 7 atom stereocenters. The molecule has 7 amide bonds. The Bertz CT molecular complexity index is 2200. The lowest BCUT2D eigenvalue weighted by Gasteiger charge is -2.34. The molecule has 0 spiro atoms. The van der Waals surface area contributed by atoms with Gasteiger partial charge in [-0.25, -0.2) is 4.79 Å². The summed E-state index contributed by atoms with van der Waals surface area (Å²) >= 11 is 0. The van der Waals surface area contributed by atoms with Gasteiger partial charge in [-0.15, -0.1) is 0 Å². The zero-order chi connectivity index (χ0) is 47.2. The third-order valence-electron chi connectivity index (χ3n) is 11.5. The number of ketones is 1. The minimum absolute atomic E-state index is 0.0250. The summed E-state index contributed by atoms with van der Waals surface area (Å²) in [4.78, 5) is 124. The number of aliphatic hydroxyl groups excluding tert-OH is 1. The van der Waals surface area contributed by atoms with E-state index in [9.17, 15) is 48.3 Å². The van der Waals surface area contributed by atoms with Crippen molar-refractivity contribution >= 4 is 53.1 Å². The number of fused-ring (bicyclic) bond motifs is 2. The molecule has 1 aromatic rings. The molecule has 5 N–H and O–H groups in total. The van der Waals surface area contributed by atoms with E-state index in [2.05, 4.69) is 21.3 Å². The number of likely N-dealkylation sites (N-methyl/N-ethyl adjacent to an activating group) is 1. The Kier molecular flexibility index (Phi) is 17.3. The average molecular weight is 896 g/mol. The number of nitrogens with zero attached hydrogens (tertiary/aromatic N) is 3. The molecule has 18 heteroatoms. The smallest absolute Gasteiger partial charge is 0.328 e. The van der Waals surface area contributed by atoms with Crippen LogP contribution in [-0.2, 0) is 54.3 Å². The number of esters is 1. The van der Waals surface area contributed by atoms with Crippen molar-refractivity contribution in [2.45, 2.75) is 95.5 Å². The molecular formula is C47H57N7O11. The van der Waals surface area contributed by atoms with Gasteiger partial charge in [0.2, 0.25) is 41.4 Å². The van der Waals surface area contributed by atoms with Gasteiger partial charge in [-0.1, -0.05) is 85.9 Å². The minimum Gasteiger partial charge on any atom is -0.510 e. The molecule has 1 aliphatic carbocycles. The molecule has 18 nitrogen and oxygen atoms in total. The van der Waals surface area contributed by atoms with Gasteiger partial charge in [0.25, 0.3) is 0 Å². The summed E-state index contributed by atoms with van der Waals surface area (Å²) in [6, 6.07) is 2.15. The molecule has 0 unspecified atom stereocenters. The van der Waals surface area contributed by atoms with Gasteiger partial charge in [0, 0.05) is 51.6 Å². The average Bonchev–Trinajstić information content (AvgIpc) is 4.02. The molecule has 3 heterocycles.